The highest BCUT2D eigenvalue weighted by Gasteiger charge is 2.12. The molecule has 0 bridgehead atoms. The lowest BCUT2D eigenvalue weighted by Gasteiger charge is -2.01. The van der Waals surface area contributed by atoms with Gasteiger partial charge in [-0.25, -0.2) is 9.37 Å². The van der Waals surface area contributed by atoms with Crippen molar-refractivity contribution >= 4 is 5.91 Å². The van der Waals surface area contributed by atoms with E-state index in [0.717, 1.165) is 0 Å². The number of carbonyl (C=O) groups is 1. The third kappa shape index (κ3) is 1.40. The molecule has 0 aromatic carbocycles. The van der Waals surface area contributed by atoms with Crippen molar-refractivity contribution in [3.05, 3.63) is 29.3 Å². The molecule has 1 aromatic rings. The van der Waals surface area contributed by atoms with Crippen LogP contribution in [-0.2, 0) is 6.54 Å². The van der Waals surface area contributed by atoms with Crippen molar-refractivity contribution in [1.82, 2.24) is 4.98 Å². The van der Waals surface area contributed by atoms with Crippen molar-refractivity contribution in [2.75, 3.05) is 0 Å². The lowest BCUT2D eigenvalue weighted by molar-refractivity contribution is 0.0991. The van der Waals surface area contributed by atoms with Crippen LogP contribution in [0, 0.1) is 5.82 Å². The van der Waals surface area contributed by atoms with E-state index in [1.807, 2.05) is 0 Å². The molecule has 1 amide bonds. The van der Waals surface area contributed by atoms with Gasteiger partial charge in [-0.1, -0.05) is 0 Å². The summed E-state index contributed by atoms with van der Waals surface area (Å²) in [5, 5.41) is 0. The largest absolute Gasteiger partial charge is 0.364 e. The quantitative estimate of drug-likeness (QED) is 0.642. The standard InChI is InChI=1S/C7H8FN3O/c8-5-4(3-9)1-2-11-6(5)7(10)12/h1-2H,3,9H2,(H2,10,12). The monoisotopic (exact) mass is 169 g/mol. The second kappa shape index (κ2) is 3.27. The predicted octanol–water partition coefficient (Wildman–Crippen LogP) is -0.222. The highest BCUT2D eigenvalue weighted by atomic mass is 19.1. The van der Waals surface area contributed by atoms with Crippen molar-refractivity contribution in [2.24, 2.45) is 11.5 Å². The second-order valence-electron chi connectivity index (χ2n) is 2.20. The number of rotatable bonds is 2. The zero-order valence-electron chi connectivity index (χ0n) is 6.25. The minimum Gasteiger partial charge on any atom is -0.364 e. The number of hydrogen-bond acceptors (Lipinski definition) is 3. The zero-order chi connectivity index (χ0) is 9.14. The summed E-state index contributed by atoms with van der Waals surface area (Å²) in [7, 11) is 0. The van der Waals surface area contributed by atoms with Gasteiger partial charge in [-0.3, -0.25) is 4.79 Å². The Morgan fingerprint density at radius 3 is 2.83 bits per heavy atom. The first-order valence-electron chi connectivity index (χ1n) is 3.30. The summed E-state index contributed by atoms with van der Waals surface area (Å²) in [6, 6.07) is 1.40. The molecular formula is C7H8FN3O. The fraction of sp³-hybridized carbons (Fsp3) is 0.143. The molecule has 4 N–H and O–H groups in total. The molecule has 0 aliphatic rings. The van der Waals surface area contributed by atoms with Crippen LogP contribution in [0.2, 0.25) is 0 Å². The Balaban J connectivity index is 3.23. The van der Waals surface area contributed by atoms with E-state index < -0.39 is 11.7 Å². The third-order valence-corrected chi connectivity index (χ3v) is 1.42. The average molecular weight is 169 g/mol. The van der Waals surface area contributed by atoms with Crippen LogP contribution in [0.4, 0.5) is 4.39 Å². The Morgan fingerprint density at radius 1 is 1.67 bits per heavy atom. The first kappa shape index (κ1) is 8.61. The molecule has 1 rings (SSSR count). The fourth-order valence-electron chi connectivity index (χ4n) is 0.813. The smallest absolute Gasteiger partial charge is 0.270 e. The van der Waals surface area contributed by atoms with E-state index in [2.05, 4.69) is 4.98 Å². The minimum absolute atomic E-state index is 0.0225. The van der Waals surface area contributed by atoms with Gasteiger partial charge in [0.2, 0.25) is 0 Å². The molecule has 0 saturated carbocycles. The van der Waals surface area contributed by atoms with Gasteiger partial charge in [0.15, 0.2) is 11.5 Å². The van der Waals surface area contributed by atoms with E-state index >= 15 is 0 Å². The number of primary amides is 1. The number of amides is 1. The van der Waals surface area contributed by atoms with Gasteiger partial charge in [0, 0.05) is 18.3 Å². The summed E-state index contributed by atoms with van der Waals surface area (Å²) in [6.45, 7) is 0.0225. The molecule has 1 heterocycles. The lowest BCUT2D eigenvalue weighted by atomic mass is 10.2. The molecule has 5 heteroatoms. The number of nitrogens with zero attached hydrogens (tertiary/aromatic N) is 1. The van der Waals surface area contributed by atoms with Crippen LogP contribution >= 0.6 is 0 Å². The molecule has 0 spiro atoms. The van der Waals surface area contributed by atoms with Gasteiger partial charge >= 0.3 is 0 Å². The molecule has 0 atom stereocenters. The van der Waals surface area contributed by atoms with Crippen molar-refractivity contribution in [3.63, 3.8) is 0 Å². The van der Waals surface area contributed by atoms with Crippen LogP contribution in [0.5, 0.6) is 0 Å². The first-order valence-corrected chi connectivity index (χ1v) is 3.30. The maximum absolute atomic E-state index is 13.1. The van der Waals surface area contributed by atoms with Crippen LogP contribution in [0.3, 0.4) is 0 Å². The van der Waals surface area contributed by atoms with Gasteiger partial charge < -0.3 is 11.5 Å². The number of carbonyl (C=O) groups excluding carboxylic acids is 1. The Kier molecular flexibility index (Phi) is 2.35. The fourth-order valence-corrected chi connectivity index (χ4v) is 0.813. The molecule has 0 saturated heterocycles. The Morgan fingerprint density at radius 2 is 2.33 bits per heavy atom. The first-order chi connectivity index (χ1) is 5.66. The number of pyridine rings is 1. The minimum atomic E-state index is -0.886. The van der Waals surface area contributed by atoms with Crippen LogP contribution in [0.15, 0.2) is 12.3 Å². The zero-order valence-corrected chi connectivity index (χ0v) is 6.25. The van der Waals surface area contributed by atoms with Crippen LogP contribution in [0.1, 0.15) is 16.1 Å². The summed E-state index contributed by atoms with van der Waals surface area (Å²) in [6.07, 6.45) is 1.30. The second-order valence-corrected chi connectivity index (χ2v) is 2.20. The summed E-state index contributed by atoms with van der Waals surface area (Å²) in [5.74, 6) is -1.62. The van der Waals surface area contributed by atoms with Gasteiger partial charge in [0.1, 0.15) is 0 Å². The number of hydrogen-bond donors (Lipinski definition) is 2. The Labute approximate surface area is 68.4 Å². The molecule has 12 heavy (non-hydrogen) atoms. The predicted molar refractivity (Wildman–Crippen MR) is 40.6 cm³/mol. The molecule has 0 aliphatic heterocycles. The van der Waals surface area contributed by atoms with E-state index in [9.17, 15) is 9.18 Å². The summed E-state index contributed by atoms with van der Waals surface area (Å²) >= 11 is 0. The van der Waals surface area contributed by atoms with E-state index in [4.69, 9.17) is 11.5 Å². The van der Waals surface area contributed by atoms with Crippen molar-refractivity contribution < 1.29 is 9.18 Å². The highest BCUT2D eigenvalue weighted by molar-refractivity contribution is 5.91. The topological polar surface area (TPSA) is 82.0 Å². The maximum Gasteiger partial charge on any atom is 0.270 e. The van der Waals surface area contributed by atoms with Gasteiger partial charge in [-0.2, -0.15) is 0 Å². The summed E-state index contributed by atoms with van der Waals surface area (Å²) in [4.78, 5) is 14.1. The Bertz CT molecular complexity index is 314. The van der Waals surface area contributed by atoms with E-state index in [-0.39, 0.29) is 17.8 Å². The molecule has 0 radical (unpaired) electrons. The van der Waals surface area contributed by atoms with Gasteiger partial charge in [0.25, 0.3) is 5.91 Å². The van der Waals surface area contributed by atoms with E-state index in [0.29, 0.717) is 0 Å². The molecule has 0 unspecified atom stereocenters. The van der Waals surface area contributed by atoms with Crippen LogP contribution in [-0.4, -0.2) is 10.9 Å². The maximum atomic E-state index is 13.1. The molecule has 1 aromatic heterocycles. The normalized spacial score (nSPS) is 9.83. The van der Waals surface area contributed by atoms with Gasteiger partial charge in [-0.15, -0.1) is 0 Å². The van der Waals surface area contributed by atoms with Crippen LogP contribution in [0.25, 0.3) is 0 Å². The molecule has 64 valence electrons. The van der Waals surface area contributed by atoms with E-state index in [1.54, 1.807) is 0 Å². The van der Waals surface area contributed by atoms with Gasteiger partial charge in [0.05, 0.1) is 0 Å². The summed E-state index contributed by atoms with van der Waals surface area (Å²) in [5.41, 5.74) is 9.93. The molecule has 4 nitrogen and oxygen atoms in total. The van der Waals surface area contributed by atoms with E-state index in [1.165, 1.54) is 12.3 Å². The van der Waals surface area contributed by atoms with Crippen LogP contribution < -0.4 is 11.5 Å². The molecular weight excluding hydrogens is 161 g/mol. The molecule has 0 aliphatic carbocycles. The highest BCUT2D eigenvalue weighted by Crippen LogP contribution is 2.08. The Hall–Kier alpha value is -1.49. The summed E-state index contributed by atoms with van der Waals surface area (Å²) < 4.78 is 13.1. The third-order valence-electron chi connectivity index (χ3n) is 1.42. The average Bonchev–Trinajstić information content (AvgIpc) is 2.04. The van der Waals surface area contributed by atoms with Gasteiger partial charge in [-0.05, 0) is 6.07 Å². The number of nitrogens with two attached hydrogens (primary N) is 2. The SMILES string of the molecule is NCc1ccnc(C(N)=O)c1F. The number of halogens is 1. The van der Waals surface area contributed by atoms with Crippen molar-refractivity contribution in [1.29, 1.82) is 0 Å². The number of aromatic nitrogens is 1. The lowest BCUT2D eigenvalue weighted by Crippen LogP contribution is -2.17. The molecule has 0 fully saturated rings. The van der Waals surface area contributed by atoms with Crippen molar-refractivity contribution in [2.45, 2.75) is 6.54 Å². The van der Waals surface area contributed by atoms with Crippen molar-refractivity contribution in [3.8, 4) is 0 Å².